The van der Waals surface area contributed by atoms with Crippen molar-refractivity contribution in [3.05, 3.63) is 63.6 Å². The van der Waals surface area contributed by atoms with Gasteiger partial charge in [-0.05, 0) is 43.7 Å². The lowest BCUT2D eigenvalue weighted by molar-refractivity contribution is -0.145. The van der Waals surface area contributed by atoms with Crippen molar-refractivity contribution in [1.29, 1.82) is 0 Å². The highest BCUT2D eigenvalue weighted by Gasteiger charge is 2.30. The van der Waals surface area contributed by atoms with Crippen molar-refractivity contribution in [2.45, 2.75) is 13.8 Å². The van der Waals surface area contributed by atoms with Gasteiger partial charge in [-0.15, -0.1) is 0 Å². The number of Topliss-reactive ketones (excluding diaryl/α,β-unsaturated/α-hetero) is 1. The summed E-state index contributed by atoms with van der Waals surface area (Å²) in [6, 6.07) is 7.37. The highest BCUT2D eigenvalue weighted by molar-refractivity contribution is 6.32. The average Bonchev–Trinajstić information content (AvgIpc) is 2.93. The van der Waals surface area contributed by atoms with Crippen LogP contribution < -0.4 is 9.47 Å². The van der Waals surface area contributed by atoms with Crippen molar-refractivity contribution in [3.8, 4) is 11.5 Å². The standard InChI is InChI=1S/C20H16ClFO5/c1-3-25-18(23)10-26-12-7-11(2)19-16(8-12)27-17(20(19)24)9-13-14(21)5-4-6-15(13)22/h4-9H,3,10H2,1-2H3/b17-9-. The molecule has 27 heavy (non-hydrogen) atoms. The second kappa shape index (κ2) is 7.80. The summed E-state index contributed by atoms with van der Waals surface area (Å²) in [7, 11) is 0. The predicted molar refractivity (Wildman–Crippen MR) is 97.7 cm³/mol. The van der Waals surface area contributed by atoms with Gasteiger partial charge in [0.1, 0.15) is 17.3 Å². The van der Waals surface area contributed by atoms with Gasteiger partial charge in [-0.25, -0.2) is 9.18 Å². The van der Waals surface area contributed by atoms with Crippen LogP contribution in [0.4, 0.5) is 4.39 Å². The van der Waals surface area contributed by atoms with Gasteiger partial charge >= 0.3 is 5.97 Å². The minimum atomic E-state index is -0.558. The Morgan fingerprint density at radius 2 is 2.11 bits per heavy atom. The molecule has 0 spiro atoms. The molecule has 1 heterocycles. The monoisotopic (exact) mass is 390 g/mol. The Morgan fingerprint density at radius 1 is 1.33 bits per heavy atom. The normalized spacial score (nSPS) is 14.1. The molecule has 0 unspecified atom stereocenters. The van der Waals surface area contributed by atoms with Crippen molar-refractivity contribution in [2.75, 3.05) is 13.2 Å². The van der Waals surface area contributed by atoms with E-state index in [0.29, 0.717) is 16.9 Å². The van der Waals surface area contributed by atoms with Gasteiger partial charge in [-0.3, -0.25) is 4.79 Å². The number of fused-ring (bicyclic) bond motifs is 1. The van der Waals surface area contributed by atoms with Crippen LogP contribution in [0.15, 0.2) is 36.1 Å². The number of benzene rings is 2. The summed E-state index contributed by atoms with van der Waals surface area (Å²) in [6.45, 7) is 3.42. The van der Waals surface area contributed by atoms with Crippen molar-refractivity contribution in [1.82, 2.24) is 0 Å². The number of aryl methyl sites for hydroxylation is 1. The van der Waals surface area contributed by atoms with E-state index in [1.807, 2.05) is 0 Å². The molecule has 0 N–H and O–H groups in total. The molecule has 1 aliphatic heterocycles. The number of carbonyl (C=O) groups is 2. The molecule has 3 rings (SSSR count). The molecule has 7 heteroatoms. The van der Waals surface area contributed by atoms with E-state index in [2.05, 4.69) is 0 Å². The third kappa shape index (κ3) is 3.95. The Hall–Kier alpha value is -2.86. The summed E-state index contributed by atoms with van der Waals surface area (Å²) >= 11 is 6.00. The van der Waals surface area contributed by atoms with E-state index in [9.17, 15) is 14.0 Å². The minimum Gasteiger partial charge on any atom is -0.482 e. The van der Waals surface area contributed by atoms with E-state index in [1.165, 1.54) is 30.3 Å². The van der Waals surface area contributed by atoms with Crippen LogP contribution in [0.25, 0.3) is 6.08 Å². The summed E-state index contributed by atoms with van der Waals surface area (Å²) in [5.74, 6) is -0.837. The molecule has 0 amide bonds. The molecule has 0 aromatic heterocycles. The molecule has 0 radical (unpaired) electrons. The lowest BCUT2D eigenvalue weighted by Crippen LogP contribution is -2.14. The van der Waals surface area contributed by atoms with Crippen molar-refractivity contribution in [2.24, 2.45) is 0 Å². The van der Waals surface area contributed by atoms with Crippen LogP contribution in [0.3, 0.4) is 0 Å². The van der Waals surface area contributed by atoms with Gasteiger partial charge in [0.2, 0.25) is 5.78 Å². The fraction of sp³-hybridized carbons (Fsp3) is 0.200. The Bertz CT molecular complexity index is 931. The second-order valence-corrected chi connectivity index (χ2v) is 6.19. The molecule has 0 saturated heterocycles. The van der Waals surface area contributed by atoms with Crippen molar-refractivity contribution >= 4 is 29.4 Å². The number of ether oxygens (including phenoxy) is 3. The van der Waals surface area contributed by atoms with Gasteiger partial charge < -0.3 is 14.2 Å². The molecular weight excluding hydrogens is 375 g/mol. The van der Waals surface area contributed by atoms with E-state index in [0.717, 1.165) is 0 Å². The zero-order chi connectivity index (χ0) is 19.6. The SMILES string of the molecule is CCOC(=O)COc1cc(C)c2c(c1)O/C(=C\c1c(F)cccc1Cl)C2=O. The topological polar surface area (TPSA) is 61.8 Å². The summed E-state index contributed by atoms with van der Waals surface area (Å²) in [5, 5.41) is 0.171. The van der Waals surface area contributed by atoms with E-state index in [1.54, 1.807) is 19.9 Å². The minimum absolute atomic E-state index is 0.0392. The van der Waals surface area contributed by atoms with Gasteiger partial charge in [0.25, 0.3) is 0 Å². The first-order valence-corrected chi connectivity index (χ1v) is 8.59. The maximum absolute atomic E-state index is 14.0. The molecule has 2 aromatic carbocycles. The second-order valence-electron chi connectivity index (χ2n) is 5.78. The first kappa shape index (κ1) is 18.9. The fourth-order valence-corrected chi connectivity index (χ4v) is 2.90. The average molecular weight is 391 g/mol. The van der Waals surface area contributed by atoms with E-state index in [4.69, 9.17) is 25.8 Å². The van der Waals surface area contributed by atoms with Gasteiger partial charge in [-0.2, -0.15) is 0 Å². The largest absolute Gasteiger partial charge is 0.482 e. The zero-order valence-electron chi connectivity index (χ0n) is 14.7. The van der Waals surface area contributed by atoms with Crippen LogP contribution in [0.1, 0.15) is 28.4 Å². The quantitative estimate of drug-likeness (QED) is 0.561. The molecule has 1 aliphatic rings. The lowest BCUT2D eigenvalue weighted by Gasteiger charge is -2.08. The molecule has 0 aliphatic carbocycles. The number of rotatable bonds is 5. The molecule has 5 nitrogen and oxygen atoms in total. The Morgan fingerprint density at radius 3 is 2.81 bits per heavy atom. The zero-order valence-corrected chi connectivity index (χ0v) is 15.4. The van der Waals surface area contributed by atoms with Crippen LogP contribution in [-0.4, -0.2) is 25.0 Å². The van der Waals surface area contributed by atoms with Gasteiger partial charge in [0, 0.05) is 11.6 Å². The number of allylic oxidation sites excluding steroid dienone is 1. The van der Waals surface area contributed by atoms with Crippen LogP contribution in [0.5, 0.6) is 11.5 Å². The molecule has 0 saturated carbocycles. The van der Waals surface area contributed by atoms with Crippen LogP contribution in [0, 0.1) is 12.7 Å². The Kier molecular flexibility index (Phi) is 5.46. The number of ketones is 1. The highest BCUT2D eigenvalue weighted by atomic mass is 35.5. The molecular formula is C20H16ClFO5. The molecule has 2 aromatic rings. The van der Waals surface area contributed by atoms with Gasteiger partial charge in [-0.1, -0.05) is 17.7 Å². The number of esters is 1. The summed E-state index contributed by atoms with van der Waals surface area (Å²) < 4.78 is 29.8. The maximum Gasteiger partial charge on any atom is 0.344 e. The van der Waals surface area contributed by atoms with Crippen LogP contribution >= 0.6 is 11.6 Å². The number of halogens is 2. The molecule has 140 valence electrons. The predicted octanol–water partition coefficient (Wildman–Crippen LogP) is 4.35. The molecule has 0 fully saturated rings. The molecule has 0 bridgehead atoms. The smallest absolute Gasteiger partial charge is 0.344 e. The first-order valence-electron chi connectivity index (χ1n) is 8.22. The maximum atomic E-state index is 14.0. The van der Waals surface area contributed by atoms with Crippen molar-refractivity contribution in [3.63, 3.8) is 0 Å². The third-order valence-electron chi connectivity index (χ3n) is 3.88. The number of hydrogen-bond acceptors (Lipinski definition) is 5. The van der Waals surface area contributed by atoms with Crippen LogP contribution in [-0.2, 0) is 9.53 Å². The highest BCUT2D eigenvalue weighted by Crippen LogP contribution is 2.38. The summed E-state index contributed by atoms with van der Waals surface area (Å²) in [6.07, 6.45) is 1.28. The lowest BCUT2D eigenvalue weighted by atomic mass is 10.0. The van der Waals surface area contributed by atoms with E-state index >= 15 is 0 Å². The summed E-state index contributed by atoms with van der Waals surface area (Å²) in [5.41, 5.74) is 1.04. The fourth-order valence-electron chi connectivity index (χ4n) is 2.69. The Balaban J connectivity index is 1.87. The van der Waals surface area contributed by atoms with Crippen LogP contribution in [0.2, 0.25) is 5.02 Å². The number of carbonyl (C=O) groups excluding carboxylic acids is 2. The van der Waals surface area contributed by atoms with Crippen molar-refractivity contribution < 1.29 is 28.2 Å². The van der Waals surface area contributed by atoms with E-state index in [-0.39, 0.29) is 41.1 Å². The first-order chi connectivity index (χ1) is 12.9. The van der Waals surface area contributed by atoms with Gasteiger partial charge in [0.15, 0.2) is 12.4 Å². The number of hydrogen-bond donors (Lipinski definition) is 0. The Labute approximate surface area is 160 Å². The molecule has 0 atom stereocenters. The third-order valence-corrected chi connectivity index (χ3v) is 4.21. The van der Waals surface area contributed by atoms with Gasteiger partial charge in [0.05, 0.1) is 17.2 Å². The van der Waals surface area contributed by atoms with E-state index < -0.39 is 11.8 Å². The summed E-state index contributed by atoms with van der Waals surface area (Å²) in [4.78, 5) is 24.0.